The van der Waals surface area contributed by atoms with Crippen LogP contribution in [0.2, 0.25) is 10.0 Å². The number of aromatic amines is 1. The Bertz CT molecular complexity index is 954. The number of carbonyl (C=O) groups excluding carboxylic acids is 1. The van der Waals surface area contributed by atoms with Crippen LogP contribution in [-0.2, 0) is 4.74 Å². The molecule has 7 nitrogen and oxygen atoms in total. The molecule has 1 aliphatic heterocycles. The summed E-state index contributed by atoms with van der Waals surface area (Å²) in [6.07, 6.45) is 2.74. The zero-order valence-electron chi connectivity index (χ0n) is 15.4. The van der Waals surface area contributed by atoms with E-state index < -0.39 is 11.5 Å². The largest absolute Gasteiger partial charge is 0.464 e. The predicted molar refractivity (Wildman–Crippen MR) is 111 cm³/mol. The molecule has 0 saturated carbocycles. The third-order valence-electron chi connectivity index (χ3n) is 4.63. The van der Waals surface area contributed by atoms with Gasteiger partial charge in [0, 0.05) is 23.5 Å². The van der Waals surface area contributed by atoms with E-state index in [1.807, 2.05) is 13.0 Å². The van der Waals surface area contributed by atoms with Crippen LogP contribution >= 0.6 is 35.0 Å². The second kappa shape index (κ2) is 8.32. The minimum atomic E-state index is -0.657. The molecule has 2 aromatic rings. The van der Waals surface area contributed by atoms with Crippen molar-refractivity contribution in [2.24, 2.45) is 5.73 Å². The molecule has 150 valence electrons. The fourth-order valence-corrected chi connectivity index (χ4v) is 4.46. The molecule has 1 aromatic heterocycles. The van der Waals surface area contributed by atoms with Gasteiger partial charge in [0.05, 0.1) is 29.0 Å². The maximum atomic E-state index is 11.9. The number of benzene rings is 1. The van der Waals surface area contributed by atoms with Crippen molar-refractivity contribution in [2.75, 3.05) is 25.1 Å². The van der Waals surface area contributed by atoms with E-state index in [1.165, 1.54) is 7.11 Å². The monoisotopic (exact) mass is 442 g/mol. The third kappa shape index (κ3) is 4.46. The van der Waals surface area contributed by atoms with Crippen LogP contribution in [0.5, 0.6) is 0 Å². The number of H-pyrrole nitrogens is 1. The van der Waals surface area contributed by atoms with Crippen LogP contribution in [0.3, 0.4) is 0 Å². The number of hydrogen-bond donors (Lipinski definition) is 2. The number of esters is 1. The Kier molecular flexibility index (Phi) is 6.24. The number of halogens is 2. The summed E-state index contributed by atoms with van der Waals surface area (Å²) in [6.45, 7) is 3.63. The molecule has 0 spiro atoms. The smallest absolute Gasteiger partial charge is 0.359 e. The van der Waals surface area contributed by atoms with Crippen molar-refractivity contribution in [3.63, 3.8) is 0 Å². The number of nitrogens with zero attached hydrogens (tertiary/aromatic N) is 2. The summed E-state index contributed by atoms with van der Waals surface area (Å²) >= 11 is 14.1. The lowest BCUT2D eigenvalue weighted by molar-refractivity contribution is 0.0588. The summed E-state index contributed by atoms with van der Waals surface area (Å²) in [5.41, 5.74) is 6.43. The number of methoxy groups -OCH3 is 1. The molecule has 3 rings (SSSR count). The van der Waals surface area contributed by atoms with E-state index in [-0.39, 0.29) is 16.3 Å². The fraction of sp³-hybridized carbons (Fsp3) is 0.389. The Hall–Kier alpha value is -1.74. The number of anilines is 1. The molecule has 1 saturated heterocycles. The zero-order valence-corrected chi connectivity index (χ0v) is 17.7. The molecular weight excluding hydrogens is 423 g/mol. The molecule has 0 unspecified atom stereocenters. The molecule has 3 N–H and O–H groups in total. The van der Waals surface area contributed by atoms with Crippen LogP contribution in [0.15, 0.2) is 33.0 Å². The Morgan fingerprint density at radius 3 is 2.64 bits per heavy atom. The first-order valence-corrected chi connectivity index (χ1v) is 10.2. The van der Waals surface area contributed by atoms with E-state index in [9.17, 15) is 9.59 Å². The van der Waals surface area contributed by atoms with Gasteiger partial charge in [-0.05, 0) is 31.9 Å². The zero-order chi connectivity index (χ0) is 20.5. The summed E-state index contributed by atoms with van der Waals surface area (Å²) in [6, 6.07) is 3.68. The van der Waals surface area contributed by atoms with Crippen LogP contribution < -0.4 is 16.2 Å². The fourth-order valence-electron chi connectivity index (χ4n) is 2.91. The summed E-state index contributed by atoms with van der Waals surface area (Å²) in [5, 5.41) is 0.992. The van der Waals surface area contributed by atoms with Crippen molar-refractivity contribution in [2.45, 2.75) is 35.2 Å². The molecule has 0 aliphatic carbocycles. The summed E-state index contributed by atoms with van der Waals surface area (Å²) in [4.78, 5) is 32.8. The van der Waals surface area contributed by atoms with E-state index in [2.05, 4.69) is 14.9 Å². The average Bonchev–Trinajstić information content (AvgIpc) is 2.66. The van der Waals surface area contributed by atoms with Crippen molar-refractivity contribution in [3.05, 3.63) is 44.4 Å². The number of piperidine rings is 1. The van der Waals surface area contributed by atoms with Gasteiger partial charge in [-0.2, -0.15) is 0 Å². The minimum absolute atomic E-state index is 0.00151. The minimum Gasteiger partial charge on any atom is -0.464 e. The van der Waals surface area contributed by atoms with Crippen LogP contribution in [0.25, 0.3) is 0 Å². The van der Waals surface area contributed by atoms with E-state index in [0.29, 0.717) is 14.9 Å². The van der Waals surface area contributed by atoms with Crippen LogP contribution in [0.4, 0.5) is 5.69 Å². The highest BCUT2D eigenvalue weighted by atomic mass is 35.5. The lowest BCUT2D eigenvalue weighted by atomic mass is 9.91. The molecule has 1 fully saturated rings. The molecule has 0 amide bonds. The van der Waals surface area contributed by atoms with E-state index in [0.717, 1.165) is 49.6 Å². The number of nitrogens with two attached hydrogens (primary N) is 1. The molecule has 2 heterocycles. The first-order valence-electron chi connectivity index (χ1n) is 8.59. The summed E-state index contributed by atoms with van der Waals surface area (Å²) < 4.78 is 4.71. The predicted octanol–water partition coefficient (Wildman–Crippen LogP) is 3.33. The summed E-state index contributed by atoms with van der Waals surface area (Å²) in [7, 11) is 1.24. The number of hydrogen-bond acceptors (Lipinski definition) is 7. The summed E-state index contributed by atoms with van der Waals surface area (Å²) in [5.74, 6) is -0.657. The van der Waals surface area contributed by atoms with Crippen LogP contribution in [0.1, 0.15) is 30.3 Å². The Morgan fingerprint density at radius 1 is 1.32 bits per heavy atom. The molecule has 0 radical (unpaired) electrons. The van der Waals surface area contributed by atoms with Crippen LogP contribution in [-0.4, -0.2) is 41.7 Å². The standard InChI is InChI=1S/C18H20Cl2N4O3S/c1-18(21)5-7-24(8-6-18)10-3-4-11(14(20)13(10)19)28-16-15(17(26)27-2)22-9-12(25)23-16/h3-4,9H,5-8,21H2,1-2H3,(H,23,25). The molecule has 0 bridgehead atoms. The molecule has 0 atom stereocenters. The number of ether oxygens (including phenoxy) is 1. The second-order valence-electron chi connectivity index (χ2n) is 6.87. The normalized spacial score (nSPS) is 16.1. The number of aromatic nitrogens is 2. The topological polar surface area (TPSA) is 101 Å². The van der Waals surface area contributed by atoms with Gasteiger partial charge in [0.1, 0.15) is 5.03 Å². The highest BCUT2D eigenvalue weighted by Gasteiger charge is 2.28. The van der Waals surface area contributed by atoms with Gasteiger partial charge >= 0.3 is 5.97 Å². The van der Waals surface area contributed by atoms with E-state index in [4.69, 9.17) is 33.7 Å². The van der Waals surface area contributed by atoms with Crippen LogP contribution in [0, 0.1) is 0 Å². The first-order chi connectivity index (χ1) is 13.2. The molecule has 10 heteroatoms. The highest BCUT2D eigenvalue weighted by Crippen LogP contribution is 2.42. The second-order valence-corrected chi connectivity index (χ2v) is 8.68. The van der Waals surface area contributed by atoms with Gasteiger partial charge in [-0.1, -0.05) is 35.0 Å². The average molecular weight is 443 g/mol. The Labute approximate surface area is 176 Å². The Morgan fingerprint density at radius 2 is 2.00 bits per heavy atom. The van der Waals surface area contributed by atoms with Gasteiger partial charge in [-0.3, -0.25) is 4.79 Å². The van der Waals surface area contributed by atoms with Gasteiger partial charge in [0.2, 0.25) is 0 Å². The maximum absolute atomic E-state index is 11.9. The van der Waals surface area contributed by atoms with Gasteiger partial charge in [-0.15, -0.1) is 0 Å². The molecule has 1 aromatic carbocycles. The number of rotatable bonds is 4. The highest BCUT2D eigenvalue weighted by molar-refractivity contribution is 7.99. The van der Waals surface area contributed by atoms with E-state index in [1.54, 1.807) is 6.07 Å². The molecule has 28 heavy (non-hydrogen) atoms. The lowest BCUT2D eigenvalue weighted by Crippen LogP contribution is -2.48. The maximum Gasteiger partial charge on any atom is 0.359 e. The van der Waals surface area contributed by atoms with E-state index >= 15 is 0 Å². The van der Waals surface area contributed by atoms with Crippen molar-refractivity contribution in [1.82, 2.24) is 9.97 Å². The van der Waals surface area contributed by atoms with Gasteiger partial charge < -0.3 is 20.4 Å². The van der Waals surface area contributed by atoms with Crippen molar-refractivity contribution >= 4 is 46.6 Å². The number of nitrogens with one attached hydrogen (secondary N) is 1. The lowest BCUT2D eigenvalue weighted by Gasteiger charge is -2.38. The van der Waals surface area contributed by atoms with Crippen molar-refractivity contribution in [3.8, 4) is 0 Å². The first kappa shape index (κ1) is 21.0. The quantitative estimate of drug-likeness (QED) is 0.699. The number of carbonyl (C=O) groups is 1. The molecule has 1 aliphatic rings. The van der Waals surface area contributed by atoms with Crippen molar-refractivity contribution in [1.29, 1.82) is 0 Å². The van der Waals surface area contributed by atoms with Gasteiger partial charge in [0.25, 0.3) is 5.56 Å². The molecular formula is C18H20Cl2N4O3S. The van der Waals surface area contributed by atoms with Gasteiger partial charge in [-0.25, -0.2) is 9.78 Å². The Balaban J connectivity index is 1.90. The SMILES string of the molecule is COC(=O)c1ncc(=O)[nH]c1Sc1ccc(N2CCC(C)(N)CC2)c(Cl)c1Cl. The van der Waals surface area contributed by atoms with Crippen molar-refractivity contribution < 1.29 is 9.53 Å². The third-order valence-corrected chi connectivity index (χ3v) is 6.67. The van der Waals surface area contributed by atoms with Gasteiger partial charge in [0.15, 0.2) is 5.69 Å².